The molecule has 29 heavy (non-hydrogen) atoms. The number of anilines is 1. The van der Waals surface area contributed by atoms with E-state index in [1.54, 1.807) is 0 Å². The minimum absolute atomic E-state index is 0. The van der Waals surface area contributed by atoms with Crippen molar-refractivity contribution in [3.8, 4) is 0 Å². The van der Waals surface area contributed by atoms with Crippen molar-refractivity contribution < 1.29 is 4.74 Å². The monoisotopic (exact) mass is 551 g/mol. The molecule has 4 rings (SSSR count). The zero-order chi connectivity index (χ0) is 19.4. The van der Waals surface area contributed by atoms with Gasteiger partial charge < -0.3 is 20.3 Å². The Morgan fingerprint density at radius 3 is 2.41 bits per heavy atom. The summed E-state index contributed by atoms with van der Waals surface area (Å²) in [5.41, 5.74) is 7.78. The quantitative estimate of drug-likeness (QED) is 0.353. The van der Waals surface area contributed by atoms with E-state index in [0.717, 1.165) is 69.8 Å². The van der Waals surface area contributed by atoms with Crippen molar-refractivity contribution in [1.29, 1.82) is 0 Å². The van der Waals surface area contributed by atoms with Crippen LogP contribution in [0.2, 0.25) is 5.02 Å². The summed E-state index contributed by atoms with van der Waals surface area (Å²) in [7, 11) is 0. The van der Waals surface area contributed by atoms with Crippen molar-refractivity contribution >= 4 is 59.0 Å². The molecule has 0 saturated carbocycles. The Bertz CT molecular complexity index is 672. The van der Waals surface area contributed by atoms with Crippen molar-refractivity contribution in [2.24, 2.45) is 10.7 Å². The van der Waals surface area contributed by atoms with Gasteiger partial charge in [-0.2, -0.15) is 11.8 Å². The van der Waals surface area contributed by atoms with Crippen LogP contribution in [0.1, 0.15) is 6.42 Å². The highest BCUT2D eigenvalue weighted by Crippen LogP contribution is 2.34. The first-order valence-electron chi connectivity index (χ1n) is 10.1. The van der Waals surface area contributed by atoms with Gasteiger partial charge >= 0.3 is 0 Å². The second-order valence-corrected chi connectivity index (χ2v) is 9.29. The van der Waals surface area contributed by atoms with Crippen LogP contribution in [-0.2, 0) is 4.74 Å². The minimum Gasteiger partial charge on any atom is -0.379 e. The molecule has 3 fully saturated rings. The second kappa shape index (κ2) is 10.7. The lowest BCUT2D eigenvalue weighted by atomic mass is 9.96. The summed E-state index contributed by atoms with van der Waals surface area (Å²) in [5, 5.41) is 0.776. The molecule has 0 aliphatic carbocycles. The van der Waals surface area contributed by atoms with E-state index < -0.39 is 0 Å². The maximum Gasteiger partial charge on any atom is 0.191 e. The summed E-state index contributed by atoms with van der Waals surface area (Å²) in [6, 6.07) is 8.06. The number of halogens is 2. The summed E-state index contributed by atoms with van der Waals surface area (Å²) in [6.07, 6.45) is 1.19. The number of guanidine groups is 1. The normalized spacial score (nSPS) is 26.4. The summed E-state index contributed by atoms with van der Waals surface area (Å²) in [6.45, 7) is 8.17. The first-order chi connectivity index (χ1) is 13.7. The Kier molecular flexibility index (Phi) is 8.62. The van der Waals surface area contributed by atoms with Crippen LogP contribution in [-0.4, -0.2) is 91.8 Å². The standard InChI is InChI=1S/C20H30ClN5OS.HI/c21-17-1-3-18(4-2-17)24-6-8-25(9-7-24)19(22)23-15-20(5-14-28-16-20)26-10-12-27-13-11-26;/h1-4H,5-16H2,(H2,22,23);1H. The summed E-state index contributed by atoms with van der Waals surface area (Å²) in [5.74, 6) is 3.06. The third-order valence-corrected chi connectivity index (χ3v) is 7.58. The molecule has 0 radical (unpaired) electrons. The van der Waals surface area contributed by atoms with Crippen LogP contribution in [0.4, 0.5) is 5.69 Å². The molecular formula is C20H31ClIN5OS. The highest BCUT2D eigenvalue weighted by molar-refractivity contribution is 14.0. The smallest absolute Gasteiger partial charge is 0.191 e. The average Bonchev–Trinajstić information content (AvgIpc) is 3.24. The SMILES string of the molecule is I.NC(=NCC1(N2CCOCC2)CCSC1)N1CCN(c2ccc(Cl)cc2)CC1. The molecule has 2 N–H and O–H groups in total. The number of hydrogen-bond acceptors (Lipinski definition) is 5. The fraction of sp³-hybridized carbons (Fsp3) is 0.650. The van der Waals surface area contributed by atoms with Crippen LogP contribution in [0.25, 0.3) is 0 Å². The molecule has 3 heterocycles. The van der Waals surface area contributed by atoms with Crippen LogP contribution in [0.15, 0.2) is 29.3 Å². The third-order valence-electron chi connectivity index (χ3n) is 6.10. The molecule has 0 spiro atoms. The zero-order valence-corrected chi connectivity index (χ0v) is 20.7. The summed E-state index contributed by atoms with van der Waals surface area (Å²) in [4.78, 5) is 12.1. The van der Waals surface area contributed by atoms with Gasteiger partial charge in [0.15, 0.2) is 5.96 Å². The van der Waals surface area contributed by atoms with Crippen LogP contribution in [0.5, 0.6) is 0 Å². The maximum absolute atomic E-state index is 6.41. The van der Waals surface area contributed by atoms with E-state index in [1.165, 1.54) is 17.9 Å². The van der Waals surface area contributed by atoms with Gasteiger partial charge in [-0.1, -0.05) is 11.6 Å². The average molecular weight is 552 g/mol. The fourth-order valence-electron chi connectivity index (χ4n) is 4.28. The molecule has 1 aromatic carbocycles. The van der Waals surface area contributed by atoms with Crippen LogP contribution in [0.3, 0.4) is 0 Å². The number of rotatable bonds is 4. The van der Waals surface area contributed by atoms with Gasteiger partial charge in [-0.15, -0.1) is 24.0 Å². The minimum atomic E-state index is 0. The van der Waals surface area contributed by atoms with Gasteiger partial charge in [-0.05, 0) is 36.4 Å². The van der Waals surface area contributed by atoms with E-state index in [9.17, 15) is 0 Å². The molecule has 1 atom stereocenters. The lowest BCUT2D eigenvalue weighted by Crippen LogP contribution is -2.56. The van der Waals surface area contributed by atoms with Gasteiger partial charge in [0.05, 0.1) is 25.3 Å². The van der Waals surface area contributed by atoms with Gasteiger partial charge in [0.2, 0.25) is 0 Å². The summed E-state index contributed by atoms with van der Waals surface area (Å²) < 4.78 is 5.55. The number of nitrogens with zero attached hydrogens (tertiary/aromatic N) is 4. The molecule has 0 aromatic heterocycles. The molecule has 9 heteroatoms. The number of morpholine rings is 1. The molecule has 1 aromatic rings. The molecule has 0 amide bonds. The molecule has 6 nitrogen and oxygen atoms in total. The Hall–Kier alpha value is -0.420. The molecule has 3 aliphatic heterocycles. The highest BCUT2D eigenvalue weighted by Gasteiger charge is 2.40. The van der Waals surface area contributed by atoms with Gasteiger partial charge in [0.1, 0.15) is 0 Å². The van der Waals surface area contributed by atoms with Gasteiger partial charge in [0, 0.05) is 55.7 Å². The second-order valence-electron chi connectivity index (χ2n) is 7.75. The number of thioether (sulfide) groups is 1. The van der Waals surface area contributed by atoms with Gasteiger partial charge in [-0.25, -0.2) is 0 Å². The predicted molar refractivity (Wildman–Crippen MR) is 134 cm³/mol. The number of nitrogens with two attached hydrogens (primary N) is 1. The van der Waals surface area contributed by atoms with E-state index in [4.69, 9.17) is 27.1 Å². The number of benzene rings is 1. The van der Waals surface area contributed by atoms with Crippen LogP contribution >= 0.6 is 47.3 Å². The molecule has 3 saturated heterocycles. The van der Waals surface area contributed by atoms with Crippen molar-refractivity contribution in [2.45, 2.75) is 12.0 Å². The van der Waals surface area contributed by atoms with Crippen LogP contribution in [0, 0.1) is 0 Å². The molecule has 3 aliphatic rings. The molecular weight excluding hydrogens is 521 g/mol. The first kappa shape index (κ1) is 23.2. The first-order valence-corrected chi connectivity index (χ1v) is 11.7. The maximum atomic E-state index is 6.41. The predicted octanol–water partition coefficient (Wildman–Crippen LogP) is 2.60. The largest absolute Gasteiger partial charge is 0.379 e. The van der Waals surface area contributed by atoms with Crippen molar-refractivity contribution in [2.75, 3.05) is 75.4 Å². The highest BCUT2D eigenvalue weighted by atomic mass is 127. The zero-order valence-electron chi connectivity index (χ0n) is 16.8. The fourth-order valence-corrected chi connectivity index (χ4v) is 5.87. The Labute approximate surface area is 200 Å². The number of piperazine rings is 1. The Morgan fingerprint density at radius 2 is 1.79 bits per heavy atom. The van der Waals surface area contributed by atoms with Crippen molar-refractivity contribution in [3.05, 3.63) is 29.3 Å². The van der Waals surface area contributed by atoms with E-state index in [-0.39, 0.29) is 29.5 Å². The molecule has 1 unspecified atom stereocenters. The lowest BCUT2D eigenvalue weighted by molar-refractivity contribution is -0.0105. The Balaban J connectivity index is 0.00000240. The number of hydrogen-bond donors (Lipinski definition) is 1. The molecule has 162 valence electrons. The third kappa shape index (κ3) is 5.64. The van der Waals surface area contributed by atoms with E-state index >= 15 is 0 Å². The topological polar surface area (TPSA) is 57.3 Å². The van der Waals surface area contributed by atoms with Crippen molar-refractivity contribution in [3.63, 3.8) is 0 Å². The van der Waals surface area contributed by atoms with Gasteiger partial charge in [0.25, 0.3) is 0 Å². The van der Waals surface area contributed by atoms with E-state index in [0.29, 0.717) is 5.96 Å². The molecule has 0 bridgehead atoms. The lowest BCUT2D eigenvalue weighted by Gasteiger charge is -2.42. The summed E-state index contributed by atoms with van der Waals surface area (Å²) >= 11 is 8.04. The number of ether oxygens (including phenoxy) is 1. The van der Waals surface area contributed by atoms with Gasteiger partial charge in [-0.3, -0.25) is 9.89 Å². The van der Waals surface area contributed by atoms with E-state index in [1.807, 2.05) is 23.9 Å². The van der Waals surface area contributed by atoms with Crippen LogP contribution < -0.4 is 10.6 Å². The van der Waals surface area contributed by atoms with E-state index in [2.05, 4.69) is 26.8 Å². The number of aliphatic imine (C=N–C) groups is 1. The van der Waals surface area contributed by atoms with Crippen molar-refractivity contribution in [1.82, 2.24) is 9.80 Å². The Morgan fingerprint density at radius 1 is 1.10 bits per heavy atom.